The van der Waals surface area contributed by atoms with Gasteiger partial charge in [0.05, 0.1) is 5.52 Å². The van der Waals surface area contributed by atoms with Crippen molar-refractivity contribution in [3.8, 4) is 0 Å². The van der Waals surface area contributed by atoms with Crippen LogP contribution >= 0.6 is 15.9 Å². The largest absolute Gasteiger partial charge is 0.345 e. The van der Waals surface area contributed by atoms with Gasteiger partial charge in [0.1, 0.15) is 0 Å². The number of para-hydroxylation sites is 1. The molecule has 0 aliphatic heterocycles. The van der Waals surface area contributed by atoms with E-state index in [0.29, 0.717) is 0 Å². The van der Waals surface area contributed by atoms with E-state index in [9.17, 15) is 0 Å². The van der Waals surface area contributed by atoms with Crippen LogP contribution in [0.25, 0.3) is 10.9 Å². The highest BCUT2D eigenvalue weighted by molar-refractivity contribution is 9.10. The molecule has 0 radical (unpaired) electrons. The summed E-state index contributed by atoms with van der Waals surface area (Å²) in [6, 6.07) is 6.52. The van der Waals surface area contributed by atoms with Crippen molar-refractivity contribution in [1.82, 2.24) is 9.88 Å². The van der Waals surface area contributed by atoms with Gasteiger partial charge in [-0.25, -0.2) is 0 Å². The van der Waals surface area contributed by atoms with E-state index in [1.807, 2.05) is 7.05 Å². The van der Waals surface area contributed by atoms with Gasteiger partial charge in [-0.1, -0.05) is 25.1 Å². The van der Waals surface area contributed by atoms with Crippen molar-refractivity contribution in [2.24, 2.45) is 7.05 Å². The average Bonchev–Trinajstić information content (AvgIpc) is 2.55. The number of hydrogen-bond acceptors (Lipinski definition) is 1. The monoisotopic (exact) mass is 280 g/mol. The highest BCUT2D eigenvalue weighted by Gasteiger charge is 2.13. The molecule has 0 aliphatic carbocycles. The molecular weight excluding hydrogens is 264 g/mol. The summed E-state index contributed by atoms with van der Waals surface area (Å²) >= 11 is 3.71. The maximum atomic E-state index is 3.71. The zero-order chi connectivity index (χ0) is 11.7. The molecule has 0 saturated carbocycles. The zero-order valence-electron chi connectivity index (χ0n) is 9.97. The van der Waals surface area contributed by atoms with Crippen LogP contribution in [0.1, 0.15) is 18.2 Å². The molecule has 0 fully saturated rings. The standard InChI is InChI=1S/C13H17BrN2/c1-4-9-6-5-7-10-12(14)11(8-15-2)16(3)13(9)10/h5-7,15H,4,8H2,1-3H3. The van der Waals surface area contributed by atoms with E-state index in [1.165, 1.54) is 26.6 Å². The number of aromatic nitrogens is 1. The Morgan fingerprint density at radius 3 is 2.75 bits per heavy atom. The number of halogens is 1. The third-order valence-corrected chi connectivity index (χ3v) is 3.96. The minimum atomic E-state index is 0.884. The lowest BCUT2D eigenvalue weighted by Gasteiger charge is -2.06. The molecule has 1 heterocycles. The van der Waals surface area contributed by atoms with Crippen LogP contribution in [0.2, 0.25) is 0 Å². The molecule has 2 rings (SSSR count). The van der Waals surface area contributed by atoms with Crippen molar-refractivity contribution in [2.45, 2.75) is 19.9 Å². The van der Waals surface area contributed by atoms with E-state index >= 15 is 0 Å². The molecule has 0 atom stereocenters. The summed E-state index contributed by atoms with van der Waals surface area (Å²) in [5.41, 5.74) is 4.06. The Morgan fingerprint density at radius 2 is 2.12 bits per heavy atom. The van der Waals surface area contributed by atoms with Crippen LogP contribution in [-0.2, 0) is 20.0 Å². The summed E-state index contributed by atoms with van der Waals surface area (Å²) < 4.78 is 3.50. The van der Waals surface area contributed by atoms with E-state index in [4.69, 9.17) is 0 Å². The second-order valence-corrected chi connectivity index (χ2v) is 4.81. The second-order valence-electron chi connectivity index (χ2n) is 4.02. The van der Waals surface area contributed by atoms with Gasteiger partial charge in [-0.3, -0.25) is 0 Å². The topological polar surface area (TPSA) is 17.0 Å². The third kappa shape index (κ3) is 1.68. The quantitative estimate of drug-likeness (QED) is 0.914. The van der Waals surface area contributed by atoms with Crippen molar-refractivity contribution in [1.29, 1.82) is 0 Å². The second kappa shape index (κ2) is 4.60. The summed E-state index contributed by atoms with van der Waals surface area (Å²) in [5.74, 6) is 0. The normalized spacial score (nSPS) is 11.2. The highest BCUT2D eigenvalue weighted by atomic mass is 79.9. The first-order valence-corrected chi connectivity index (χ1v) is 6.39. The molecule has 0 spiro atoms. The Labute approximate surface area is 105 Å². The van der Waals surface area contributed by atoms with E-state index < -0.39 is 0 Å². The van der Waals surface area contributed by atoms with Crippen LogP contribution in [0.5, 0.6) is 0 Å². The SMILES string of the molecule is CCc1cccc2c(Br)c(CNC)n(C)c12. The fourth-order valence-corrected chi connectivity index (χ4v) is 2.98. The van der Waals surface area contributed by atoms with Crippen LogP contribution in [0.3, 0.4) is 0 Å². The lowest BCUT2D eigenvalue weighted by Crippen LogP contribution is -2.09. The van der Waals surface area contributed by atoms with Crippen LogP contribution in [0.15, 0.2) is 22.7 Å². The number of nitrogens with zero attached hydrogens (tertiary/aromatic N) is 1. The first-order chi connectivity index (χ1) is 7.70. The fraction of sp³-hybridized carbons (Fsp3) is 0.385. The molecule has 0 saturated heterocycles. The van der Waals surface area contributed by atoms with Gasteiger partial charge in [0, 0.05) is 29.1 Å². The Hall–Kier alpha value is -0.800. The van der Waals surface area contributed by atoms with Crippen LogP contribution < -0.4 is 5.32 Å². The van der Waals surface area contributed by atoms with Gasteiger partial charge in [0.2, 0.25) is 0 Å². The van der Waals surface area contributed by atoms with Crippen LogP contribution in [0, 0.1) is 0 Å². The summed E-state index contributed by atoms with van der Waals surface area (Å²) in [6.07, 6.45) is 1.07. The third-order valence-electron chi connectivity index (χ3n) is 3.07. The van der Waals surface area contributed by atoms with Gasteiger partial charge in [-0.15, -0.1) is 0 Å². The molecule has 3 heteroatoms. The van der Waals surface area contributed by atoms with Crippen LogP contribution in [0.4, 0.5) is 0 Å². The van der Waals surface area contributed by atoms with Gasteiger partial charge in [0.25, 0.3) is 0 Å². The molecule has 1 aromatic carbocycles. The van der Waals surface area contributed by atoms with Crippen molar-refractivity contribution >= 4 is 26.8 Å². The summed E-state index contributed by atoms with van der Waals surface area (Å²) in [4.78, 5) is 0. The van der Waals surface area contributed by atoms with Gasteiger partial charge in [0.15, 0.2) is 0 Å². The van der Waals surface area contributed by atoms with E-state index in [-0.39, 0.29) is 0 Å². The first-order valence-electron chi connectivity index (χ1n) is 5.60. The number of rotatable bonds is 3. The Kier molecular flexibility index (Phi) is 3.36. The Morgan fingerprint density at radius 1 is 1.38 bits per heavy atom. The summed E-state index contributed by atoms with van der Waals surface area (Å²) in [7, 11) is 4.11. The van der Waals surface area contributed by atoms with Crippen LogP contribution in [-0.4, -0.2) is 11.6 Å². The highest BCUT2D eigenvalue weighted by Crippen LogP contribution is 2.32. The first kappa shape index (κ1) is 11.7. The van der Waals surface area contributed by atoms with Gasteiger partial charge >= 0.3 is 0 Å². The minimum Gasteiger partial charge on any atom is -0.345 e. The molecule has 2 nitrogen and oxygen atoms in total. The Balaban J connectivity index is 2.77. The molecule has 1 aromatic heterocycles. The molecule has 2 aromatic rings. The van der Waals surface area contributed by atoms with E-state index in [0.717, 1.165) is 13.0 Å². The fourth-order valence-electron chi connectivity index (χ4n) is 2.25. The number of hydrogen-bond donors (Lipinski definition) is 1. The number of nitrogens with one attached hydrogen (secondary N) is 1. The molecule has 86 valence electrons. The number of fused-ring (bicyclic) bond motifs is 1. The van der Waals surface area contributed by atoms with E-state index in [2.05, 4.69) is 58.0 Å². The molecular formula is C13H17BrN2. The summed E-state index contributed by atoms with van der Waals surface area (Å²) in [5, 5.41) is 4.53. The van der Waals surface area contributed by atoms with Crippen molar-refractivity contribution in [3.63, 3.8) is 0 Å². The van der Waals surface area contributed by atoms with Gasteiger partial charge in [-0.2, -0.15) is 0 Å². The molecule has 0 aliphatic rings. The van der Waals surface area contributed by atoms with Crippen molar-refractivity contribution in [2.75, 3.05) is 7.05 Å². The predicted octanol–water partition coefficient (Wildman–Crippen LogP) is 3.22. The Bertz CT molecular complexity index is 514. The summed E-state index contributed by atoms with van der Waals surface area (Å²) in [6.45, 7) is 3.09. The molecule has 0 bridgehead atoms. The van der Waals surface area contributed by atoms with Crippen molar-refractivity contribution in [3.05, 3.63) is 33.9 Å². The molecule has 0 amide bonds. The lowest BCUT2D eigenvalue weighted by atomic mass is 10.1. The number of aryl methyl sites for hydroxylation is 2. The molecule has 0 unspecified atom stereocenters. The van der Waals surface area contributed by atoms with Crippen molar-refractivity contribution < 1.29 is 0 Å². The van der Waals surface area contributed by atoms with Gasteiger partial charge in [-0.05, 0) is 35.0 Å². The maximum absolute atomic E-state index is 3.71. The average molecular weight is 281 g/mol. The predicted molar refractivity (Wildman–Crippen MR) is 72.8 cm³/mol. The molecule has 1 N–H and O–H groups in total. The smallest absolute Gasteiger partial charge is 0.0524 e. The zero-order valence-corrected chi connectivity index (χ0v) is 11.6. The maximum Gasteiger partial charge on any atom is 0.0524 e. The lowest BCUT2D eigenvalue weighted by molar-refractivity contribution is 0.740. The number of benzene rings is 1. The van der Waals surface area contributed by atoms with Gasteiger partial charge < -0.3 is 9.88 Å². The molecule has 16 heavy (non-hydrogen) atoms. The minimum absolute atomic E-state index is 0.884. The van der Waals surface area contributed by atoms with E-state index in [1.54, 1.807) is 0 Å².